The third kappa shape index (κ3) is 2.99. The first-order chi connectivity index (χ1) is 7.64. The van der Waals surface area contributed by atoms with E-state index in [-0.39, 0.29) is 5.41 Å². The lowest BCUT2D eigenvalue weighted by atomic mass is 9.82. The van der Waals surface area contributed by atoms with Gasteiger partial charge in [-0.05, 0) is 36.0 Å². The monoisotopic (exact) mass is 237 g/mol. The SMILES string of the molecule is Cc1cc([C@H](N)[C@H](O)C(C)(C)C)cc(C)c1O. The van der Waals surface area contributed by atoms with Gasteiger partial charge in [0.2, 0.25) is 0 Å². The van der Waals surface area contributed by atoms with Crippen LogP contribution in [0.5, 0.6) is 5.75 Å². The summed E-state index contributed by atoms with van der Waals surface area (Å²) in [5, 5.41) is 19.9. The fraction of sp³-hybridized carbons (Fsp3) is 0.571. The van der Waals surface area contributed by atoms with Crippen LogP contribution in [-0.4, -0.2) is 16.3 Å². The first-order valence-electron chi connectivity index (χ1n) is 5.88. The minimum atomic E-state index is -0.620. The molecule has 0 saturated carbocycles. The van der Waals surface area contributed by atoms with Gasteiger partial charge in [0.05, 0.1) is 12.1 Å². The third-order valence-corrected chi connectivity index (χ3v) is 3.13. The number of aryl methyl sites for hydroxylation is 2. The Labute approximate surface area is 103 Å². The van der Waals surface area contributed by atoms with Crippen LogP contribution >= 0.6 is 0 Å². The average Bonchev–Trinajstić information content (AvgIpc) is 2.21. The Morgan fingerprint density at radius 1 is 1.12 bits per heavy atom. The number of aromatic hydroxyl groups is 1. The van der Waals surface area contributed by atoms with Crippen LogP contribution in [0.2, 0.25) is 0 Å². The summed E-state index contributed by atoms with van der Waals surface area (Å²) < 4.78 is 0. The molecule has 4 N–H and O–H groups in total. The normalized spacial score (nSPS) is 15.7. The maximum Gasteiger partial charge on any atom is 0.121 e. The lowest BCUT2D eigenvalue weighted by molar-refractivity contribution is 0.0401. The van der Waals surface area contributed by atoms with Gasteiger partial charge in [-0.2, -0.15) is 0 Å². The maximum absolute atomic E-state index is 10.2. The van der Waals surface area contributed by atoms with Gasteiger partial charge in [0.1, 0.15) is 5.75 Å². The molecule has 0 fully saturated rings. The van der Waals surface area contributed by atoms with Crippen LogP contribution in [0.25, 0.3) is 0 Å². The molecule has 0 aliphatic carbocycles. The summed E-state index contributed by atoms with van der Waals surface area (Å²) in [6, 6.07) is 3.23. The first-order valence-corrected chi connectivity index (χ1v) is 5.88. The van der Waals surface area contributed by atoms with E-state index in [2.05, 4.69) is 0 Å². The summed E-state index contributed by atoms with van der Waals surface area (Å²) in [5.41, 5.74) is 8.25. The minimum absolute atomic E-state index is 0.265. The third-order valence-electron chi connectivity index (χ3n) is 3.13. The molecule has 0 unspecified atom stereocenters. The highest BCUT2D eigenvalue weighted by molar-refractivity contribution is 5.43. The molecule has 0 saturated heterocycles. The summed E-state index contributed by atoms with van der Waals surface area (Å²) in [5.74, 6) is 0.297. The molecule has 0 radical (unpaired) electrons. The fourth-order valence-corrected chi connectivity index (χ4v) is 1.90. The van der Waals surface area contributed by atoms with Crippen LogP contribution in [0.15, 0.2) is 12.1 Å². The van der Waals surface area contributed by atoms with Crippen molar-refractivity contribution < 1.29 is 10.2 Å². The highest BCUT2D eigenvalue weighted by atomic mass is 16.3. The molecular weight excluding hydrogens is 214 g/mol. The number of phenolic OH excluding ortho intramolecular Hbond substituents is 1. The van der Waals surface area contributed by atoms with E-state index < -0.39 is 12.1 Å². The molecular formula is C14H23NO2. The molecule has 0 aliphatic heterocycles. The number of aliphatic hydroxyl groups excluding tert-OH is 1. The number of rotatable bonds is 2. The van der Waals surface area contributed by atoms with Crippen LogP contribution in [0.3, 0.4) is 0 Å². The molecule has 17 heavy (non-hydrogen) atoms. The molecule has 1 aromatic carbocycles. The van der Waals surface area contributed by atoms with E-state index in [9.17, 15) is 10.2 Å². The molecule has 3 heteroatoms. The Morgan fingerprint density at radius 2 is 1.53 bits per heavy atom. The lowest BCUT2D eigenvalue weighted by Crippen LogP contribution is -2.37. The molecule has 0 spiro atoms. The highest BCUT2D eigenvalue weighted by Crippen LogP contribution is 2.31. The molecule has 0 heterocycles. The fourth-order valence-electron chi connectivity index (χ4n) is 1.90. The van der Waals surface area contributed by atoms with Crippen LogP contribution in [0.4, 0.5) is 0 Å². The minimum Gasteiger partial charge on any atom is -0.507 e. The number of aliphatic hydroxyl groups is 1. The van der Waals surface area contributed by atoms with E-state index in [0.29, 0.717) is 5.75 Å². The van der Waals surface area contributed by atoms with Crippen LogP contribution in [-0.2, 0) is 0 Å². The molecule has 0 aliphatic rings. The topological polar surface area (TPSA) is 66.5 Å². The van der Waals surface area contributed by atoms with Crippen molar-refractivity contribution in [3.63, 3.8) is 0 Å². The maximum atomic E-state index is 10.2. The predicted octanol–water partition coefficient (Wildman–Crippen LogP) is 2.42. The van der Waals surface area contributed by atoms with Crippen molar-refractivity contribution in [3.05, 3.63) is 28.8 Å². The Balaban J connectivity index is 3.09. The Morgan fingerprint density at radius 3 is 1.88 bits per heavy atom. The summed E-state index contributed by atoms with van der Waals surface area (Å²) >= 11 is 0. The van der Waals surface area contributed by atoms with Gasteiger partial charge in [0.25, 0.3) is 0 Å². The molecule has 3 nitrogen and oxygen atoms in total. The molecule has 1 aromatic rings. The van der Waals surface area contributed by atoms with E-state index in [1.54, 1.807) is 0 Å². The van der Waals surface area contributed by atoms with Crippen molar-refractivity contribution in [1.29, 1.82) is 0 Å². The Kier molecular flexibility index (Phi) is 3.84. The summed E-state index contributed by atoms with van der Waals surface area (Å²) in [6.07, 6.45) is -0.620. The average molecular weight is 237 g/mol. The van der Waals surface area contributed by atoms with Crippen molar-refractivity contribution in [3.8, 4) is 5.75 Å². The number of benzene rings is 1. The van der Waals surface area contributed by atoms with Gasteiger partial charge in [-0.1, -0.05) is 32.9 Å². The van der Waals surface area contributed by atoms with Crippen molar-refractivity contribution in [2.45, 2.75) is 46.8 Å². The summed E-state index contributed by atoms with van der Waals surface area (Å²) in [4.78, 5) is 0. The molecule has 96 valence electrons. The molecule has 0 aromatic heterocycles. The number of phenols is 1. The van der Waals surface area contributed by atoms with Crippen molar-refractivity contribution in [2.24, 2.45) is 11.1 Å². The quantitative estimate of drug-likeness (QED) is 0.740. The van der Waals surface area contributed by atoms with Gasteiger partial charge >= 0.3 is 0 Å². The van der Waals surface area contributed by atoms with E-state index in [0.717, 1.165) is 16.7 Å². The van der Waals surface area contributed by atoms with Gasteiger partial charge in [-0.25, -0.2) is 0 Å². The second kappa shape index (κ2) is 4.67. The van der Waals surface area contributed by atoms with E-state index in [4.69, 9.17) is 5.73 Å². The molecule has 2 atom stereocenters. The largest absolute Gasteiger partial charge is 0.507 e. The number of hydrogen-bond acceptors (Lipinski definition) is 3. The Bertz CT molecular complexity index is 384. The number of nitrogens with two attached hydrogens (primary N) is 1. The highest BCUT2D eigenvalue weighted by Gasteiger charge is 2.29. The zero-order valence-electron chi connectivity index (χ0n) is 11.3. The van der Waals surface area contributed by atoms with Crippen molar-refractivity contribution >= 4 is 0 Å². The second-order valence-electron chi connectivity index (χ2n) is 5.84. The number of hydrogen-bond donors (Lipinski definition) is 3. The van der Waals surface area contributed by atoms with E-state index in [1.807, 2.05) is 46.8 Å². The van der Waals surface area contributed by atoms with Gasteiger partial charge in [-0.15, -0.1) is 0 Å². The second-order valence-corrected chi connectivity index (χ2v) is 5.84. The van der Waals surface area contributed by atoms with Gasteiger partial charge in [0.15, 0.2) is 0 Å². The van der Waals surface area contributed by atoms with Crippen LogP contribution in [0, 0.1) is 19.3 Å². The van der Waals surface area contributed by atoms with E-state index >= 15 is 0 Å². The molecule has 0 bridgehead atoms. The predicted molar refractivity (Wildman–Crippen MR) is 70.0 cm³/mol. The van der Waals surface area contributed by atoms with Gasteiger partial charge in [0, 0.05) is 0 Å². The Hall–Kier alpha value is -1.06. The lowest BCUT2D eigenvalue weighted by Gasteiger charge is -2.31. The standard InChI is InChI=1S/C14H23NO2/c1-8-6-10(7-9(2)12(8)16)11(15)13(17)14(3,4)5/h6-7,11,13,16-17H,15H2,1-5H3/t11-,13-/m0/s1. The smallest absolute Gasteiger partial charge is 0.121 e. The van der Waals surface area contributed by atoms with Crippen molar-refractivity contribution in [1.82, 2.24) is 0 Å². The van der Waals surface area contributed by atoms with Crippen molar-refractivity contribution in [2.75, 3.05) is 0 Å². The zero-order chi connectivity index (χ0) is 13.4. The van der Waals surface area contributed by atoms with E-state index in [1.165, 1.54) is 0 Å². The summed E-state index contributed by atoms with van der Waals surface area (Å²) in [6.45, 7) is 9.54. The molecule has 0 amide bonds. The zero-order valence-corrected chi connectivity index (χ0v) is 11.3. The van der Waals surface area contributed by atoms with Crippen LogP contribution in [0.1, 0.15) is 43.5 Å². The van der Waals surface area contributed by atoms with Gasteiger partial charge < -0.3 is 15.9 Å². The summed E-state index contributed by atoms with van der Waals surface area (Å²) in [7, 11) is 0. The van der Waals surface area contributed by atoms with Gasteiger partial charge in [-0.3, -0.25) is 0 Å². The molecule has 1 rings (SSSR count). The van der Waals surface area contributed by atoms with Crippen LogP contribution < -0.4 is 5.73 Å². The first kappa shape index (κ1) is 14.0.